The summed E-state index contributed by atoms with van der Waals surface area (Å²) in [5.74, 6) is 0.770. The van der Waals surface area contributed by atoms with Crippen LogP contribution in [-0.4, -0.2) is 29.3 Å². The van der Waals surface area contributed by atoms with Gasteiger partial charge in [-0.15, -0.1) is 0 Å². The maximum atomic E-state index is 12.3. The third-order valence-corrected chi connectivity index (χ3v) is 4.87. The number of hydrogen-bond acceptors (Lipinski definition) is 3. The van der Waals surface area contributed by atoms with E-state index in [0.29, 0.717) is 12.2 Å². The number of nitrogens with zero attached hydrogens (tertiary/aromatic N) is 2. The minimum Gasteiger partial charge on any atom is -0.496 e. The summed E-state index contributed by atoms with van der Waals surface area (Å²) >= 11 is 0. The Hall–Kier alpha value is -2.30. The van der Waals surface area contributed by atoms with Gasteiger partial charge in [0, 0.05) is 24.3 Å². The van der Waals surface area contributed by atoms with Crippen molar-refractivity contribution in [3.8, 4) is 5.75 Å². The molecule has 0 aliphatic carbocycles. The van der Waals surface area contributed by atoms with Crippen molar-refractivity contribution in [3.05, 3.63) is 47.8 Å². The predicted octanol–water partition coefficient (Wildman–Crippen LogP) is 3.96. The van der Waals surface area contributed by atoms with Crippen LogP contribution < -0.4 is 10.1 Å². The summed E-state index contributed by atoms with van der Waals surface area (Å²) in [5, 5.41) is 7.31. The first-order valence-electron chi connectivity index (χ1n) is 8.88. The quantitative estimate of drug-likeness (QED) is 0.789. The van der Waals surface area contributed by atoms with Gasteiger partial charge in [0.25, 0.3) is 5.91 Å². The fraction of sp³-hybridized carbons (Fsp3) is 0.500. The number of amides is 1. The van der Waals surface area contributed by atoms with Gasteiger partial charge in [0.1, 0.15) is 11.4 Å². The fourth-order valence-corrected chi connectivity index (χ4v) is 2.93. The second-order valence-corrected chi connectivity index (χ2v) is 6.90. The van der Waals surface area contributed by atoms with Crippen LogP contribution in [0.2, 0.25) is 0 Å². The van der Waals surface area contributed by atoms with Gasteiger partial charge in [0.15, 0.2) is 0 Å². The number of carbonyl (C=O) groups excluding carboxylic acids is 1. The highest BCUT2D eigenvalue weighted by Crippen LogP contribution is 2.36. The summed E-state index contributed by atoms with van der Waals surface area (Å²) < 4.78 is 7.31. The minimum atomic E-state index is -0.127. The second kappa shape index (κ2) is 8.19. The van der Waals surface area contributed by atoms with Crippen LogP contribution in [0.5, 0.6) is 5.75 Å². The summed E-state index contributed by atoms with van der Waals surface area (Å²) in [5.41, 5.74) is 1.58. The Morgan fingerprint density at radius 1 is 1.32 bits per heavy atom. The van der Waals surface area contributed by atoms with E-state index >= 15 is 0 Å². The zero-order valence-corrected chi connectivity index (χ0v) is 15.9. The first kappa shape index (κ1) is 19.0. The average Bonchev–Trinajstić information content (AvgIpc) is 3.12. The molecule has 1 aromatic heterocycles. The number of aromatic nitrogens is 2. The van der Waals surface area contributed by atoms with Crippen molar-refractivity contribution in [2.45, 2.75) is 52.0 Å². The van der Waals surface area contributed by atoms with Crippen molar-refractivity contribution in [1.82, 2.24) is 15.1 Å². The molecule has 5 heteroatoms. The van der Waals surface area contributed by atoms with E-state index in [1.165, 1.54) is 5.56 Å². The van der Waals surface area contributed by atoms with E-state index in [2.05, 4.69) is 30.3 Å². The highest BCUT2D eigenvalue weighted by atomic mass is 16.5. The zero-order chi connectivity index (χ0) is 18.4. The van der Waals surface area contributed by atoms with E-state index in [1.54, 1.807) is 17.9 Å². The molecular weight excluding hydrogens is 314 g/mol. The summed E-state index contributed by atoms with van der Waals surface area (Å²) in [7, 11) is 1.70. The summed E-state index contributed by atoms with van der Waals surface area (Å²) in [6, 6.07) is 10.1. The van der Waals surface area contributed by atoms with Crippen LogP contribution in [0.1, 0.15) is 62.6 Å². The van der Waals surface area contributed by atoms with Crippen molar-refractivity contribution in [3.63, 3.8) is 0 Å². The Balaban J connectivity index is 2.01. The predicted molar refractivity (Wildman–Crippen MR) is 100 cm³/mol. The van der Waals surface area contributed by atoms with E-state index in [9.17, 15) is 4.79 Å². The van der Waals surface area contributed by atoms with E-state index < -0.39 is 0 Å². The zero-order valence-electron chi connectivity index (χ0n) is 15.9. The maximum absolute atomic E-state index is 12.3. The van der Waals surface area contributed by atoms with E-state index in [4.69, 9.17) is 4.74 Å². The minimum absolute atomic E-state index is 0.0584. The molecule has 0 unspecified atom stereocenters. The Morgan fingerprint density at radius 3 is 2.64 bits per heavy atom. The summed E-state index contributed by atoms with van der Waals surface area (Å²) in [6.45, 7) is 9.04. The molecule has 25 heavy (non-hydrogen) atoms. The molecule has 1 amide bonds. The molecule has 0 aliphatic rings. The number of methoxy groups -OCH3 is 1. The molecule has 0 fully saturated rings. The van der Waals surface area contributed by atoms with Gasteiger partial charge < -0.3 is 10.1 Å². The largest absolute Gasteiger partial charge is 0.496 e. The number of ether oxygens (including phenoxy) is 1. The number of rotatable bonds is 8. The lowest BCUT2D eigenvalue weighted by atomic mass is 9.77. The van der Waals surface area contributed by atoms with Gasteiger partial charge in [-0.25, -0.2) is 0 Å². The maximum Gasteiger partial charge on any atom is 0.271 e. The van der Waals surface area contributed by atoms with Crippen LogP contribution in [0.4, 0.5) is 0 Å². The van der Waals surface area contributed by atoms with Crippen molar-refractivity contribution in [1.29, 1.82) is 0 Å². The molecule has 1 atom stereocenters. The standard InChI is InChI=1S/C20H29N3O2/c1-6-20(4,16-9-7-8-10-18(16)25-5)12-13-21-19(24)17-11-14-23(22-17)15(2)3/h7-11,14-15H,6,12-13H2,1-5H3,(H,21,24)/t20-/m0/s1. The molecule has 0 spiro atoms. The lowest BCUT2D eigenvalue weighted by Crippen LogP contribution is -2.31. The SMILES string of the molecule is CC[C@@](C)(CCNC(=O)c1ccn(C(C)C)n1)c1ccccc1OC. The molecule has 0 bridgehead atoms. The van der Waals surface area contributed by atoms with Gasteiger partial charge in [-0.3, -0.25) is 9.48 Å². The van der Waals surface area contributed by atoms with Gasteiger partial charge >= 0.3 is 0 Å². The molecule has 1 aromatic carbocycles. The number of benzene rings is 1. The Labute approximate surface area is 150 Å². The van der Waals surface area contributed by atoms with Crippen LogP contribution in [-0.2, 0) is 5.41 Å². The van der Waals surface area contributed by atoms with Crippen LogP contribution in [0, 0.1) is 0 Å². The van der Waals surface area contributed by atoms with Crippen molar-refractivity contribution < 1.29 is 9.53 Å². The number of para-hydroxylation sites is 1. The van der Waals surface area contributed by atoms with E-state index in [0.717, 1.165) is 18.6 Å². The van der Waals surface area contributed by atoms with Crippen LogP contribution >= 0.6 is 0 Å². The molecule has 136 valence electrons. The average molecular weight is 343 g/mol. The van der Waals surface area contributed by atoms with Crippen molar-refractivity contribution >= 4 is 5.91 Å². The number of carbonyl (C=O) groups is 1. The topological polar surface area (TPSA) is 56.2 Å². The first-order chi connectivity index (χ1) is 11.9. The molecule has 1 heterocycles. The molecular formula is C20H29N3O2. The van der Waals surface area contributed by atoms with Crippen molar-refractivity contribution in [2.24, 2.45) is 0 Å². The summed E-state index contributed by atoms with van der Waals surface area (Å²) in [6.07, 6.45) is 3.64. The van der Waals surface area contributed by atoms with Crippen molar-refractivity contribution in [2.75, 3.05) is 13.7 Å². The molecule has 0 saturated carbocycles. The molecule has 0 saturated heterocycles. The molecule has 0 radical (unpaired) electrons. The fourth-order valence-electron chi connectivity index (χ4n) is 2.93. The van der Waals surface area contributed by atoms with Gasteiger partial charge in [0.2, 0.25) is 0 Å². The first-order valence-corrected chi connectivity index (χ1v) is 8.88. The van der Waals surface area contributed by atoms with Crippen LogP contribution in [0.3, 0.4) is 0 Å². The lowest BCUT2D eigenvalue weighted by molar-refractivity contribution is 0.0944. The Kier molecular flexibility index (Phi) is 6.23. The molecule has 5 nitrogen and oxygen atoms in total. The molecule has 1 N–H and O–H groups in total. The number of hydrogen-bond donors (Lipinski definition) is 1. The lowest BCUT2D eigenvalue weighted by Gasteiger charge is -2.30. The molecule has 0 aliphatic heterocycles. The van der Waals surface area contributed by atoms with E-state index in [-0.39, 0.29) is 17.4 Å². The third kappa shape index (κ3) is 4.41. The van der Waals surface area contributed by atoms with E-state index in [1.807, 2.05) is 38.2 Å². The second-order valence-electron chi connectivity index (χ2n) is 6.90. The highest BCUT2D eigenvalue weighted by molar-refractivity contribution is 5.92. The van der Waals surface area contributed by atoms with Gasteiger partial charge in [-0.2, -0.15) is 5.10 Å². The normalized spacial score (nSPS) is 13.5. The summed E-state index contributed by atoms with van der Waals surface area (Å²) in [4.78, 5) is 12.3. The Morgan fingerprint density at radius 2 is 2.04 bits per heavy atom. The van der Waals surface area contributed by atoms with Gasteiger partial charge in [0.05, 0.1) is 7.11 Å². The van der Waals surface area contributed by atoms with Gasteiger partial charge in [-0.05, 0) is 44.2 Å². The van der Waals surface area contributed by atoms with Crippen LogP contribution in [0.15, 0.2) is 36.5 Å². The Bertz CT molecular complexity index is 708. The van der Waals surface area contributed by atoms with Gasteiger partial charge in [-0.1, -0.05) is 32.0 Å². The monoisotopic (exact) mass is 343 g/mol. The highest BCUT2D eigenvalue weighted by Gasteiger charge is 2.27. The molecule has 2 aromatic rings. The third-order valence-electron chi connectivity index (χ3n) is 4.87. The number of nitrogens with one attached hydrogen (secondary N) is 1. The smallest absolute Gasteiger partial charge is 0.271 e. The van der Waals surface area contributed by atoms with Crippen LogP contribution in [0.25, 0.3) is 0 Å². The molecule has 2 rings (SSSR count).